The van der Waals surface area contributed by atoms with Gasteiger partial charge >= 0.3 is 0 Å². The maximum Gasteiger partial charge on any atom is 0.118 e. The minimum atomic E-state index is -0.695. The smallest absolute Gasteiger partial charge is 0.118 e. The fraction of sp³-hybridized carbons (Fsp3) is 0.118. The van der Waals surface area contributed by atoms with E-state index in [0.29, 0.717) is 0 Å². The van der Waals surface area contributed by atoms with Crippen molar-refractivity contribution in [3.05, 3.63) is 71.9 Å². The summed E-state index contributed by atoms with van der Waals surface area (Å²) in [7, 11) is 1.63. The van der Waals surface area contributed by atoms with Crippen LogP contribution in [0.3, 0.4) is 0 Å². The van der Waals surface area contributed by atoms with Crippen molar-refractivity contribution in [3.63, 3.8) is 0 Å². The summed E-state index contributed by atoms with van der Waals surface area (Å²) in [5.74, 6) is 0.775. The number of rotatable bonds is 3. The molecule has 1 unspecified atom stereocenters. The van der Waals surface area contributed by atoms with E-state index in [1.54, 1.807) is 13.3 Å². The normalized spacial score (nSPS) is 12.3. The van der Waals surface area contributed by atoms with Gasteiger partial charge in [0, 0.05) is 17.1 Å². The fourth-order valence-electron chi connectivity index (χ4n) is 2.31. The molecular weight excluding hydrogens is 250 g/mol. The van der Waals surface area contributed by atoms with Crippen LogP contribution in [0, 0.1) is 0 Å². The van der Waals surface area contributed by atoms with Crippen LogP contribution in [0.1, 0.15) is 17.2 Å². The highest BCUT2D eigenvalue weighted by molar-refractivity contribution is 5.82. The summed E-state index contributed by atoms with van der Waals surface area (Å²) in [6.07, 6.45) is 1.05. The first kappa shape index (κ1) is 12.6. The molecule has 2 aromatic carbocycles. The molecule has 0 fully saturated rings. The van der Waals surface area contributed by atoms with E-state index in [0.717, 1.165) is 27.8 Å². The monoisotopic (exact) mass is 265 g/mol. The number of pyridine rings is 1. The molecule has 0 spiro atoms. The van der Waals surface area contributed by atoms with E-state index in [1.165, 1.54) is 0 Å². The Labute approximate surface area is 117 Å². The Balaban J connectivity index is 2.05. The predicted molar refractivity (Wildman–Crippen MR) is 78.8 cm³/mol. The van der Waals surface area contributed by atoms with Gasteiger partial charge in [-0.1, -0.05) is 36.4 Å². The molecule has 0 bridgehead atoms. The summed E-state index contributed by atoms with van der Waals surface area (Å²) in [5, 5.41) is 11.6. The van der Waals surface area contributed by atoms with Crippen molar-refractivity contribution >= 4 is 10.9 Å². The lowest BCUT2D eigenvalue weighted by molar-refractivity contribution is 0.221. The molecule has 0 aliphatic rings. The number of benzene rings is 2. The standard InChI is InChI=1S/C17H15NO2/c1-20-14-9-7-13(8-10-14)17(19)15-6-2-4-12-5-3-11-18-16(12)15/h2-11,17,19H,1H3. The number of hydrogen-bond donors (Lipinski definition) is 1. The third-order valence-corrected chi connectivity index (χ3v) is 3.39. The number of para-hydroxylation sites is 1. The van der Waals surface area contributed by atoms with Crippen molar-refractivity contribution in [1.82, 2.24) is 4.98 Å². The quantitative estimate of drug-likeness (QED) is 0.790. The molecule has 0 amide bonds. The lowest BCUT2D eigenvalue weighted by Crippen LogP contribution is -2.01. The van der Waals surface area contributed by atoms with Crippen LogP contribution in [-0.2, 0) is 0 Å². The van der Waals surface area contributed by atoms with Gasteiger partial charge in [0.1, 0.15) is 11.9 Å². The maximum absolute atomic E-state index is 10.6. The van der Waals surface area contributed by atoms with Gasteiger partial charge in [-0.3, -0.25) is 4.98 Å². The molecule has 0 aliphatic heterocycles. The van der Waals surface area contributed by atoms with Gasteiger partial charge in [-0.25, -0.2) is 0 Å². The van der Waals surface area contributed by atoms with E-state index in [4.69, 9.17) is 4.74 Å². The molecule has 20 heavy (non-hydrogen) atoms. The first-order chi connectivity index (χ1) is 9.79. The second kappa shape index (κ2) is 5.31. The Morgan fingerprint density at radius 2 is 1.75 bits per heavy atom. The van der Waals surface area contributed by atoms with Gasteiger partial charge in [0.05, 0.1) is 12.6 Å². The highest BCUT2D eigenvalue weighted by Gasteiger charge is 2.14. The highest BCUT2D eigenvalue weighted by atomic mass is 16.5. The van der Waals surface area contributed by atoms with Gasteiger partial charge in [-0.05, 0) is 23.8 Å². The molecule has 3 nitrogen and oxygen atoms in total. The molecule has 1 aromatic heterocycles. The van der Waals surface area contributed by atoms with Gasteiger partial charge in [0.15, 0.2) is 0 Å². The molecule has 1 atom stereocenters. The van der Waals surface area contributed by atoms with Crippen molar-refractivity contribution in [2.45, 2.75) is 6.10 Å². The van der Waals surface area contributed by atoms with Crippen LogP contribution >= 0.6 is 0 Å². The molecule has 0 radical (unpaired) electrons. The first-order valence-electron chi connectivity index (χ1n) is 6.45. The number of fused-ring (bicyclic) bond motifs is 1. The molecule has 1 heterocycles. The van der Waals surface area contributed by atoms with E-state index in [-0.39, 0.29) is 0 Å². The molecule has 3 heteroatoms. The summed E-state index contributed by atoms with van der Waals surface area (Å²) in [5.41, 5.74) is 2.47. The number of hydrogen-bond acceptors (Lipinski definition) is 3. The van der Waals surface area contributed by atoms with Gasteiger partial charge < -0.3 is 9.84 Å². The van der Waals surface area contributed by atoms with E-state index >= 15 is 0 Å². The molecule has 1 N–H and O–H groups in total. The van der Waals surface area contributed by atoms with Crippen LogP contribution in [0.2, 0.25) is 0 Å². The number of aliphatic hydroxyl groups is 1. The SMILES string of the molecule is COc1ccc(C(O)c2cccc3cccnc23)cc1. The summed E-state index contributed by atoms with van der Waals surface area (Å²) in [6, 6.07) is 17.1. The zero-order chi connectivity index (χ0) is 13.9. The number of ether oxygens (including phenoxy) is 1. The number of aliphatic hydroxyl groups excluding tert-OH is 1. The summed E-state index contributed by atoms with van der Waals surface area (Å²) in [6.45, 7) is 0. The van der Waals surface area contributed by atoms with Crippen LogP contribution in [0.25, 0.3) is 10.9 Å². The summed E-state index contributed by atoms with van der Waals surface area (Å²) >= 11 is 0. The number of methoxy groups -OCH3 is 1. The lowest BCUT2D eigenvalue weighted by atomic mass is 9.99. The minimum absolute atomic E-state index is 0.695. The second-order valence-electron chi connectivity index (χ2n) is 4.60. The summed E-state index contributed by atoms with van der Waals surface area (Å²) in [4.78, 5) is 4.38. The average molecular weight is 265 g/mol. The molecule has 0 aliphatic carbocycles. The fourth-order valence-corrected chi connectivity index (χ4v) is 2.31. The van der Waals surface area contributed by atoms with Gasteiger partial charge in [-0.2, -0.15) is 0 Å². The zero-order valence-corrected chi connectivity index (χ0v) is 11.2. The molecule has 3 aromatic rings. The number of aromatic nitrogens is 1. The Morgan fingerprint density at radius 1 is 1.00 bits per heavy atom. The van der Waals surface area contributed by atoms with E-state index in [2.05, 4.69) is 4.98 Å². The maximum atomic E-state index is 10.6. The van der Waals surface area contributed by atoms with Crippen molar-refractivity contribution in [2.24, 2.45) is 0 Å². The molecule has 0 saturated heterocycles. The van der Waals surface area contributed by atoms with E-state index < -0.39 is 6.10 Å². The largest absolute Gasteiger partial charge is 0.497 e. The van der Waals surface area contributed by atoms with E-state index in [1.807, 2.05) is 54.6 Å². The van der Waals surface area contributed by atoms with Crippen LogP contribution < -0.4 is 4.74 Å². The molecule has 100 valence electrons. The van der Waals surface area contributed by atoms with E-state index in [9.17, 15) is 5.11 Å². The number of nitrogens with zero attached hydrogens (tertiary/aromatic N) is 1. The Morgan fingerprint density at radius 3 is 2.50 bits per heavy atom. The van der Waals surface area contributed by atoms with Crippen molar-refractivity contribution in [3.8, 4) is 5.75 Å². The highest BCUT2D eigenvalue weighted by Crippen LogP contribution is 2.28. The summed E-state index contributed by atoms with van der Waals surface area (Å²) < 4.78 is 5.13. The van der Waals surface area contributed by atoms with Gasteiger partial charge in [0.25, 0.3) is 0 Å². The topological polar surface area (TPSA) is 42.4 Å². The van der Waals surface area contributed by atoms with Crippen molar-refractivity contribution < 1.29 is 9.84 Å². The second-order valence-corrected chi connectivity index (χ2v) is 4.60. The molecular formula is C17H15NO2. The van der Waals surface area contributed by atoms with Gasteiger partial charge in [-0.15, -0.1) is 0 Å². The third-order valence-electron chi connectivity index (χ3n) is 3.39. The Hall–Kier alpha value is -2.39. The van der Waals surface area contributed by atoms with Crippen LogP contribution in [-0.4, -0.2) is 17.2 Å². The first-order valence-corrected chi connectivity index (χ1v) is 6.45. The van der Waals surface area contributed by atoms with Crippen LogP contribution in [0.15, 0.2) is 60.8 Å². The molecule has 3 rings (SSSR count). The Kier molecular flexibility index (Phi) is 3.35. The lowest BCUT2D eigenvalue weighted by Gasteiger charge is -2.14. The van der Waals surface area contributed by atoms with Gasteiger partial charge in [0.2, 0.25) is 0 Å². The average Bonchev–Trinajstić information content (AvgIpc) is 2.54. The van der Waals surface area contributed by atoms with Crippen LogP contribution in [0.5, 0.6) is 5.75 Å². The molecule has 0 saturated carbocycles. The predicted octanol–water partition coefficient (Wildman–Crippen LogP) is 3.33. The third kappa shape index (κ3) is 2.24. The minimum Gasteiger partial charge on any atom is -0.497 e. The Bertz CT molecular complexity index is 717. The van der Waals surface area contributed by atoms with Crippen molar-refractivity contribution in [2.75, 3.05) is 7.11 Å². The van der Waals surface area contributed by atoms with Crippen LogP contribution in [0.4, 0.5) is 0 Å². The van der Waals surface area contributed by atoms with Crippen molar-refractivity contribution in [1.29, 1.82) is 0 Å². The zero-order valence-electron chi connectivity index (χ0n) is 11.2.